The number of halogens is 1. The molecule has 24 heavy (non-hydrogen) atoms. The highest BCUT2D eigenvalue weighted by molar-refractivity contribution is 5.68. The van der Waals surface area contributed by atoms with E-state index in [-0.39, 0.29) is 11.9 Å². The van der Waals surface area contributed by atoms with Crippen LogP contribution < -0.4 is 4.74 Å². The Morgan fingerprint density at radius 1 is 1.33 bits per heavy atom. The minimum Gasteiger partial charge on any atom is -0.483 e. The van der Waals surface area contributed by atoms with Gasteiger partial charge in [-0.2, -0.15) is 4.39 Å². The molecule has 0 N–H and O–H groups in total. The predicted molar refractivity (Wildman–Crippen MR) is 84.5 cm³/mol. The van der Waals surface area contributed by atoms with Crippen molar-refractivity contribution in [2.24, 2.45) is 0 Å². The molecular weight excluding hydrogens is 319 g/mol. The number of rotatable bonds is 3. The van der Waals surface area contributed by atoms with Gasteiger partial charge >= 0.3 is 11.8 Å². The third-order valence-electron chi connectivity index (χ3n) is 3.52. The summed E-state index contributed by atoms with van der Waals surface area (Å²) in [5, 5.41) is 11.0. The van der Waals surface area contributed by atoms with Crippen molar-refractivity contribution < 1.29 is 23.6 Å². The number of ether oxygens (including phenoxy) is 2. The Kier molecular flexibility index (Phi) is 5.26. The Morgan fingerprint density at radius 2 is 1.96 bits per heavy atom. The van der Waals surface area contributed by atoms with Crippen LogP contribution in [-0.2, 0) is 4.74 Å². The standard InChI is InChI=1S/C16H21FN2O5/c1-16(2,3)24-15(20)18-9-7-11(8-10-18)23-13-6-4-5-12(17)14(13)19(21)22/h4-6,11H,7-10H2,1-3H3. The molecule has 0 aromatic heterocycles. The van der Waals surface area contributed by atoms with Crippen molar-refractivity contribution in [1.29, 1.82) is 0 Å². The molecule has 2 rings (SSSR count). The van der Waals surface area contributed by atoms with Crippen molar-refractivity contribution in [3.8, 4) is 5.75 Å². The topological polar surface area (TPSA) is 81.9 Å². The summed E-state index contributed by atoms with van der Waals surface area (Å²) >= 11 is 0. The van der Waals surface area contributed by atoms with E-state index < -0.39 is 28.1 Å². The summed E-state index contributed by atoms with van der Waals surface area (Å²) in [4.78, 5) is 23.7. The zero-order valence-electron chi connectivity index (χ0n) is 14.0. The molecule has 1 amide bonds. The summed E-state index contributed by atoms with van der Waals surface area (Å²) in [5.41, 5.74) is -1.22. The number of hydrogen-bond acceptors (Lipinski definition) is 5. The maximum absolute atomic E-state index is 13.6. The second-order valence-electron chi connectivity index (χ2n) is 6.63. The first kappa shape index (κ1) is 18.0. The SMILES string of the molecule is CC(C)(C)OC(=O)N1CCC(Oc2cccc(F)c2[N+](=O)[O-])CC1. The minimum atomic E-state index is -0.927. The molecular formula is C16H21FN2O5. The number of benzene rings is 1. The number of carbonyl (C=O) groups is 1. The molecule has 132 valence electrons. The van der Waals surface area contributed by atoms with Crippen LogP contribution in [0.15, 0.2) is 18.2 Å². The number of likely N-dealkylation sites (tertiary alicyclic amines) is 1. The average molecular weight is 340 g/mol. The normalized spacial score (nSPS) is 15.9. The van der Waals surface area contributed by atoms with Gasteiger partial charge in [0.05, 0.1) is 4.92 Å². The van der Waals surface area contributed by atoms with E-state index in [1.165, 1.54) is 12.1 Å². The Morgan fingerprint density at radius 3 is 2.50 bits per heavy atom. The van der Waals surface area contributed by atoms with Crippen LogP contribution >= 0.6 is 0 Å². The van der Waals surface area contributed by atoms with E-state index in [1.807, 2.05) is 0 Å². The summed E-state index contributed by atoms with van der Waals surface area (Å²) in [6.45, 7) is 6.23. The predicted octanol–water partition coefficient (Wildman–Crippen LogP) is 3.51. The van der Waals surface area contributed by atoms with Crippen LogP contribution in [-0.4, -0.2) is 40.7 Å². The van der Waals surface area contributed by atoms with Gasteiger partial charge in [0.2, 0.25) is 11.6 Å². The Hall–Kier alpha value is -2.38. The molecule has 0 bridgehead atoms. The van der Waals surface area contributed by atoms with Gasteiger partial charge in [0, 0.05) is 25.9 Å². The second kappa shape index (κ2) is 7.02. The number of nitro groups is 1. The molecule has 8 heteroatoms. The first-order valence-electron chi connectivity index (χ1n) is 7.75. The molecule has 1 heterocycles. The summed E-state index contributed by atoms with van der Waals surface area (Å²) in [5.74, 6) is -1.01. The molecule has 1 aromatic rings. The van der Waals surface area contributed by atoms with Gasteiger partial charge in [0.1, 0.15) is 11.7 Å². The van der Waals surface area contributed by atoms with Crippen LogP contribution in [0.1, 0.15) is 33.6 Å². The van der Waals surface area contributed by atoms with Crippen molar-refractivity contribution in [2.45, 2.75) is 45.3 Å². The Balaban J connectivity index is 1.96. The summed E-state index contributed by atoms with van der Waals surface area (Å²) in [6, 6.07) is 3.77. The van der Waals surface area contributed by atoms with Crippen LogP contribution in [0, 0.1) is 15.9 Å². The van der Waals surface area contributed by atoms with Crippen molar-refractivity contribution in [2.75, 3.05) is 13.1 Å². The second-order valence-corrected chi connectivity index (χ2v) is 6.63. The lowest BCUT2D eigenvalue weighted by Gasteiger charge is -2.33. The average Bonchev–Trinajstić information content (AvgIpc) is 2.45. The molecule has 0 spiro atoms. The zero-order valence-corrected chi connectivity index (χ0v) is 14.0. The van der Waals surface area contributed by atoms with Crippen molar-refractivity contribution in [1.82, 2.24) is 4.90 Å². The van der Waals surface area contributed by atoms with Gasteiger partial charge in [0.15, 0.2) is 0 Å². The molecule has 0 aliphatic carbocycles. The lowest BCUT2D eigenvalue weighted by Crippen LogP contribution is -2.44. The van der Waals surface area contributed by atoms with Crippen LogP contribution in [0.3, 0.4) is 0 Å². The van der Waals surface area contributed by atoms with Gasteiger partial charge in [-0.1, -0.05) is 6.07 Å². The lowest BCUT2D eigenvalue weighted by atomic mass is 10.1. The zero-order chi connectivity index (χ0) is 17.9. The quantitative estimate of drug-likeness (QED) is 0.621. The molecule has 1 aliphatic rings. The van der Waals surface area contributed by atoms with Gasteiger partial charge in [-0.15, -0.1) is 0 Å². The lowest BCUT2D eigenvalue weighted by molar-refractivity contribution is -0.388. The molecule has 0 atom stereocenters. The first-order valence-corrected chi connectivity index (χ1v) is 7.75. The van der Waals surface area contributed by atoms with Crippen LogP contribution in [0.4, 0.5) is 14.9 Å². The summed E-state index contributed by atoms with van der Waals surface area (Å²) in [7, 11) is 0. The van der Waals surface area contributed by atoms with Crippen LogP contribution in [0.25, 0.3) is 0 Å². The van der Waals surface area contributed by atoms with Crippen molar-refractivity contribution in [3.05, 3.63) is 34.1 Å². The third kappa shape index (κ3) is 4.56. The van der Waals surface area contributed by atoms with Crippen molar-refractivity contribution >= 4 is 11.8 Å². The van der Waals surface area contributed by atoms with E-state index in [1.54, 1.807) is 25.7 Å². The van der Waals surface area contributed by atoms with Gasteiger partial charge < -0.3 is 14.4 Å². The van der Waals surface area contributed by atoms with E-state index in [9.17, 15) is 19.3 Å². The number of nitrogens with zero attached hydrogens (tertiary/aromatic N) is 2. The number of amides is 1. The molecule has 1 saturated heterocycles. The largest absolute Gasteiger partial charge is 0.483 e. The highest BCUT2D eigenvalue weighted by Crippen LogP contribution is 2.31. The maximum atomic E-state index is 13.6. The van der Waals surface area contributed by atoms with E-state index in [0.29, 0.717) is 25.9 Å². The van der Waals surface area contributed by atoms with E-state index in [2.05, 4.69) is 0 Å². The highest BCUT2D eigenvalue weighted by atomic mass is 19.1. The number of piperidine rings is 1. The van der Waals surface area contributed by atoms with Gasteiger partial charge in [-0.05, 0) is 32.9 Å². The van der Waals surface area contributed by atoms with E-state index in [0.717, 1.165) is 6.07 Å². The molecule has 0 saturated carbocycles. The number of carbonyl (C=O) groups excluding carboxylic acids is 1. The van der Waals surface area contributed by atoms with Gasteiger partial charge in [0.25, 0.3) is 0 Å². The fourth-order valence-electron chi connectivity index (χ4n) is 2.43. The molecule has 1 fully saturated rings. The van der Waals surface area contributed by atoms with Gasteiger partial charge in [-0.25, -0.2) is 4.79 Å². The van der Waals surface area contributed by atoms with Crippen LogP contribution in [0.2, 0.25) is 0 Å². The van der Waals surface area contributed by atoms with Gasteiger partial charge in [-0.3, -0.25) is 10.1 Å². The molecule has 7 nitrogen and oxygen atoms in total. The van der Waals surface area contributed by atoms with Crippen molar-refractivity contribution in [3.63, 3.8) is 0 Å². The maximum Gasteiger partial charge on any atom is 0.410 e. The fourth-order valence-corrected chi connectivity index (χ4v) is 2.43. The molecule has 0 radical (unpaired) electrons. The minimum absolute atomic E-state index is 0.0873. The highest BCUT2D eigenvalue weighted by Gasteiger charge is 2.29. The Bertz CT molecular complexity index is 621. The number of nitro benzene ring substituents is 1. The molecule has 1 aromatic carbocycles. The number of hydrogen-bond donors (Lipinski definition) is 0. The number of para-hydroxylation sites is 1. The summed E-state index contributed by atoms with van der Waals surface area (Å²) < 4.78 is 24.5. The van der Waals surface area contributed by atoms with E-state index in [4.69, 9.17) is 9.47 Å². The summed E-state index contributed by atoms with van der Waals surface area (Å²) in [6.07, 6.45) is 0.279. The molecule has 0 unspecified atom stereocenters. The third-order valence-corrected chi connectivity index (χ3v) is 3.52. The fraction of sp³-hybridized carbons (Fsp3) is 0.562. The first-order chi connectivity index (χ1) is 11.2. The van der Waals surface area contributed by atoms with E-state index >= 15 is 0 Å². The Labute approximate surface area is 139 Å². The monoisotopic (exact) mass is 340 g/mol. The van der Waals surface area contributed by atoms with Crippen LogP contribution in [0.5, 0.6) is 5.75 Å². The molecule has 1 aliphatic heterocycles. The smallest absolute Gasteiger partial charge is 0.410 e.